The van der Waals surface area contributed by atoms with Gasteiger partial charge in [0.2, 0.25) is 5.91 Å². The van der Waals surface area contributed by atoms with Gasteiger partial charge in [-0.1, -0.05) is 0 Å². The van der Waals surface area contributed by atoms with Crippen LogP contribution in [0.5, 0.6) is 0 Å². The second kappa shape index (κ2) is 8.86. The first kappa shape index (κ1) is 17.7. The number of nitrogens with one attached hydrogen (secondary N) is 2. The van der Waals surface area contributed by atoms with Crippen LogP contribution in [0.4, 0.5) is 0 Å². The lowest BCUT2D eigenvalue weighted by molar-refractivity contribution is -0.127. The number of aromatic nitrogens is 1. The van der Waals surface area contributed by atoms with Gasteiger partial charge in [0.15, 0.2) is 5.96 Å². The van der Waals surface area contributed by atoms with Crippen LogP contribution in [0, 0.1) is 13.8 Å². The summed E-state index contributed by atoms with van der Waals surface area (Å²) in [4.78, 5) is 23.9. The van der Waals surface area contributed by atoms with Crippen LogP contribution in [0.25, 0.3) is 0 Å². The molecule has 128 valence electrons. The van der Waals surface area contributed by atoms with Crippen LogP contribution in [0.1, 0.15) is 41.8 Å². The third-order valence-corrected chi connectivity index (χ3v) is 4.92. The minimum atomic E-state index is 0.292. The number of carbonyl (C=O) groups is 1. The number of rotatable bonds is 7. The average molecular weight is 337 g/mol. The summed E-state index contributed by atoms with van der Waals surface area (Å²) in [5.41, 5.74) is 1.09. The van der Waals surface area contributed by atoms with Crippen molar-refractivity contribution in [2.24, 2.45) is 4.99 Å². The topological polar surface area (TPSA) is 69.6 Å². The molecule has 2 N–H and O–H groups in total. The molecule has 6 nitrogen and oxygen atoms in total. The standard InChI is InChI=1S/C16H27N5OS/c1-4-17-16(19-11-14-20-12(2)13(3)23-14)18-8-6-10-21-9-5-7-15(21)22/h4-11H2,1-3H3,(H2,17,18,19). The molecule has 1 aliphatic rings. The van der Waals surface area contributed by atoms with E-state index >= 15 is 0 Å². The molecule has 1 amide bonds. The molecule has 1 fully saturated rings. The first-order valence-corrected chi connectivity index (χ1v) is 9.14. The number of guanidine groups is 1. The van der Waals surface area contributed by atoms with Gasteiger partial charge >= 0.3 is 0 Å². The van der Waals surface area contributed by atoms with Gasteiger partial charge in [0.1, 0.15) is 5.01 Å². The first-order chi connectivity index (χ1) is 11.1. The van der Waals surface area contributed by atoms with E-state index in [1.165, 1.54) is 4.88 Å². The highest BCUT2D eigenvalue weighted by molar-refractivity contribution is 7.11. The minimum absolute atomic E-state index is 0.292. The van der Waals surface area contributed by atoms with Crippen LogP contribution in [-0.2, 0) is 11.3 Å². The minimum Gasteiger partial charge on any atom is -0.357 e. The zero-order chi connectivity index (χ0) is 16.7. The number of carbonyl (C=O) groups excluding carboxylic acids is 1. The SMILES string of the molecule is CCNC(=NCc1nc(C)c(C)s1)NCCCN1CCCC1=O. The second-order valence-electron chi connectivity index (χ2n) is 5.71. The van der Waals surface area contributed by atoms with E-state index in [0.29, 0.717) is 18.9 Å². The zero-order valence-corrected chi connectivity index (χ0v) is 15.1. The first-order valence-electron chi connectivity index (χ1n) is 8.33. The van der Waals surface area contributed by atoms with E-state index in [1.54, 1.807) is 11.3 Å². The number of likely N-dealkylation sites (tertiary alicyclic amines) is 1. The lowest BCUT2D eigenvalue weighted by atomic mass is 10.4. The molecule has 0 atom stereocenters. The van der Waals surface area contributed by atoms with E-state index in [0.717, 1.165) is 55.7 Å². The van der Waals surface area contributed by atoms with E-state index in [-0.39, 0.29) is 0 Å². The van der Waals surface area contributed by atoms with Gasteiger partial charge in [-0.3, -0.25) is 4.79 Å². The Bertz CT molecular complexity index is 535. The molecular formula is C16H27N5OS. The summed E-state index contributed by atoms with van der Waals surface area (Å²) < 4.78 is 0. The fraction of sp³-hybridized carbons (Fsp3) is 0.688. The Kier molecular flexibility index (Phi) is 6.83. The summed E-state index contributed by atoms with van der Waals surface area (Å²) in [6.45, 7) is 10.1. The van der Waals surface area contributed by atoms with E-state index in [2.05, 4.69) is 34.5 Å². The molecule has 1 aliphatic heterocycles. The van der Waals surface area contributed by atoms with Crippen LogP contribution in [0.3, 0.4) is 0 Å². The second-order valence-corrected chi connectivity index (χ2v) is 7.00. The van der Waals surface area contributed by atoms with Gasteiger partial charge in [-0.05, 0) is 33.6 Å². The van der Waals surface area contributed by atoms with Gasteiger partial charge in [0.25, 0.3) is 0 Å². The molecule has 1 aromatic heterocycles. The predicted octanol–water partition coefficient (Wildman–Crippen LogP) is 1.83. The number of aryl methyl sites for hydroxylation is 2. The van der Waals surface area contributed by atoms with Crippen molar-refractivity contribution in [3.63, 3.8) is 0 Å². The van der Waals surface area contributed by atoms with E-state index in [1.807, 2.05) is 11.8 Å². The smallest absolute Gasteiger partial charge is 0.222 e. The Morgan fingerprint density at radius 3 is 2.83 bits per heavy atom. The third kappa shape index (κ3) is 5.49. The number of aliphatic imine (C=N–C) groups is 1. The average Bonchev–Trinajstić information content (AvgIpc) is 3.07. The maximum Gasteiger partial charge on any atom is 0.222 e. The van der Waals surface area contributed by atoms with Gasteiger partial charge in [-0.2, -0.15) is 0 Å². The lowest BCUT2D eigenvalue weighted by Gasteiger charge is -2.16. The molecule has 2 heterocycles. The largest absolute Gasteiger partial charge is 0.357 e. The van der Waals surface area contributed by atoms with Crippen molar-refractivity contribution >= 4 is 23.2 Å². The highest BCUT2D eigenvalue weighted by Gasteiger charge is 2.18. The normalized spacial score (nSPS) is 15.3. The van der Waals surface area contributed by atoms with Crippen LogP contribution >= 0.6 is 11.3 Å². The Labute approximate surface area is 142 Å². The Hall–Kier alpha value is -1.63. The van der Waals surface area contributed by atoms with Gasteiger partial charge < -0.3 is 15.5 Å². The Balaban J connectivity index is 1.76. The number of amides is 1. The summed E-state index contributed by atoms with van der Waals surface area (Å²) in [6, 6.07) is 0. The van der Waals surface area contributed by atoms with Crippen LogP contribution in [-0.4, -0.2) is 47.9 Å². The van der Waals surface area contributed by atoms with E-state index in [4.69, 9.17) is 0 Å². The van der Waals surface area contributed by atoms with E-state index in [9.17, 15) is 4.79 Å². The third-order valence-electron chi connectivity index (χ3n) is 3.86. The highest BCUT2D eigenvalue weighted by Crippen LogP contribution is 2.16. The molecule has 0 bridgehead atoms. The quantitative estimate of drug-likeness (QED) is 0.452. The van der Waals surface area contributed by atoms with Crippen molar-refractivity contribution in [2.75, 3.05) is 26.2 Å². The van der Waals surface area contributed by atoms with Crippen molar-refractivity contribution in [1.29, 1.82) is 0 Å². The molecule has 0 spiro atoms. The molecule has 2 rings (SSSR count). The number of hydrogen-bond acceptors (Lipinski definition) is 4. The summed E-state index contributed by atoms with van der Waals surface area (Å²) in [7, 11) is 0. The number of hydrogen-bond donors (Lipinski definition) is 2. The summed E-state index contributed by atoms with van der Waals surface area (Å²) in [5, 5.41) is 7.62. The van der Waals surface area contributed by atoms with Gasteiger partial charge in [-0.15, -0.1) is 11.3 Å². The summed E-state index contributed by atoms with van der Waals surface area (Å²) in [6.07, 6.45) is 2.65. The zero-order valence-electron chi connectivity index (χ0n) is 14.3. The summed E-state index contributed by atoms with van der Waals surface area (Å²) >= 11 is 1.70. The maximum atomic E-state index is 11.6. The molecule has 0 radical (unpaired) electrons. The molecule has 1 aromatic rings. The van der Waals surface area contributed by atoms with Crippen molar-refractivity contribution < 1.29 is 4.79 Å². The van der Waals surface area contributed by atoms with Crippen molar-refractivity contribution in [3.05, 3.63) is 15.6 Å². The van der Waals surface area contributed by atoms with Gasteiger partial charge in [-0.25, -0.2) is 9.98 Å². The monoisotopic (exact) mass is 337 g/mol. The molecule has 1 saturated heterocycles. The van der Waals surface area contributed by atoms with E-state index < -0.39 is 0 Å². The van der Waals surface area contributed by atoms with Gasteiger partial charge in [0, 0.05) is 37.5 Å². The molecule has 23 heavy (non-hydrogen) atoms. The Morgan fingerprint density at radius 1 is 1.39 bits per heavy atom. The molecule has 0 saturated carbocycles. The maximum absolute atomic E-state index is 11.6. The molecule has 7 heteroatoms. The Morgan fingerprint density at radius 2 is 2.22 bits per heavy atom. The number of thiazole rings is 1. The van der Waals surface area contributed by atoms with Crippen LogP contribution in [0.2, 0.25) is 0 Å². The fourth-order valence-corrected chi connectivity index (χ4v) is 3.37. The van der Waals surface area contributed by atoms with Crippen LogP contribution in [0.15, 0.2) is 4.99 Å². The van der Waals surface area contributed by atoms with Gasteiger partial charge in [0.05, 0.1) is 12.2 Å². The van der Waals surface area contributed by atoms with Crippen molar-refractivity contribution in [3.8, 4) is 0 Å². The lowest BCUT2D eigenvalue weighted by Crippen LogP contribution is -2.39. The molecule has 0 aliphatic carbocycles. The molecule has 0 unspecified atom stereocenters. The summed E-state index contributed by atoms with van der Waals surface area (Å²) in [5.74, 6) is 1.10. The van der Waals surface area contributed by atoms with Crippen molar-refractivity contribution in [1.82, 2.24) is 20.5 Å². The predicted molar refractivity (Wildman–Crippen MR) is 94.8 cm³/mol. The molecular weight excluding hydrogens is 310 g/mol. The highest BCUT2D eigenvalue weighted by atomic mass is 32.1. The van der Waals surface area contributed by atoms with Crippen molar-refractivity contribution in [2.45, 2.75) is 46.6 Å². The van der Waals surface area contributed by atoms with Crippen LogP contribution < -0.4 is 10.6 Å². The molecule has 0 aromatic carbocycles. The fourth-order valence-electron chi connectivity index (χ4n) is 2.51. The number of nitrogens with zero attached hydrogens (tertiary/aromatic N) is 3.